The van der Waals surface area contributed by atoms with Crippen molar-refractivity contribution in [2.75, 3.05) is 19.4 Å². The number of aliphatic hydroxyl groups is 1. The van der Waals surface area contributed by atoms with E-state index in [1.54, 1.807) is 24.8 Å². The number of rotatable bonds is 8. The molecule has 0 aliphatic heterocycles. The van der Waals surface area contributed by atoms with Crippen LogP contribution in [0.2, 0.25) is 0 Å². The van der Waals surface area contributed by atoms with Crippen molar-refractivity contribution in [2.45, 2.75) is 43.1 Å². The van der Waals surface area contributed by atoms with E-state index < -0.39 is 17.6 Å². The van der Waals surface area contributed by atoms with Gasteiger partial charge in [-0.3, -0.25) is 4.79 Å². The van der Waals surface area contributed by atoms with E-state index in [2.05, 4.69) is 5.32 Å². The quantitative estimate of drug-likeness (QED) is 0.659. The van der Waals surface area contributed by atoms with E-state index in [9.17, 15) is 14.7 Å². The van der Waals surface area contributed by atoms with Gasteiger partial charge >= 0.3 is 5.63 Å². The van der Waals surface area contributed by atoms with Crippen molar-refractivity contribution in [1.29, 1.82) is 0 Å². The van der Waals surface area contributed by atoms with Crippen molar-refractivity contribution in [1.82, 2.24) is 5.32 Å². The summed E-state index contributed by atoms with van der Waals surface area (Å²) in [5, 5.41) is 12.7. The van der Waals surface area contributed by atoms with Crippen LogP contribution < -0.4 is 15.7 Å². The number of carbonyl (C=O) groups excluding carboxylic acids is 1. The first kappa shape index (κ1) is 20.5. The molecule has 1 heterocycles. The van der Waals surface area contributed by atoms with Gasteiger partial charge in [0.05, 0.1) is 0 Å². The first-order valence-electron chi connectivity index (χ1n) is 9.36. The van der Waals surface area contributed by atoms with Gasteiger partial charge in [-0.05, 0) is 49.8 Å². The van der Waals surface area contributed by atoms with Crippen LogP contribution in [0.1, 0.15) is 46.9 Å². The predicted octanol–water partition coefficient (Wildman–Crippen LogP) is 3.11. The standard InChI is InChI=1S/C21H25NO5S/c1-13-10-17(14-6-5-7-14)27-21(25)19(13)20(24)22-11-15(23)12-26-16-8-3-4-9-18(16)28-2/h3-4,8-10,14-15,23H,5-7,11-12H2,1-2H3,(H,22,24)/t15-/m1/s1. The smallest absolute Gasteiger partial charge is 0.349 e. The summed E-state index contributed by atoms with van der Waals surface area (Å²) < 4.78 is 11.0. The van der Waals surface area contributed by atoms with Crippen LogP contribution in [0.25, 0.3) is 0 Å². The summed E-state index contributed by atoms with van der Waals surface area (Å²) in [5.74, 6) is 1.08. The van der Waals surface area contributed by atoms with Gasteiger partial charge in [0.1, 0.15) is 29.8 Å². The largest absolute Gasteiger partial charge is 0.490 e. The molecule has 1 saturated carbocycles. The van der Waals surface area contributed by atoms with Crippen LogP contribution in [-0.4, -0.2) is 36.5 Å². The maximum atomic E-state index is 12.4. The molecule has 1 aliphatic rings. The molecule has 1 fully saturated rings. The molecule has 0 spiro atoms. The average Bonchev–Trinajstić information content (AvgIpc) is 2.63. The summed E-state index contributed by atoms with van der Waals surface area (Å²) in [6.45, 7) is 1.74. The van der Waals surface area contributed by atoms with Crippen LogP contribution in [0.4, 0.5) is 0 Å². The molecular formula is C21H25NO5S. The molecule has 0 unspecified atom stereocenters. The molecule has 0 bridgehead atoms. The van der Waals surface area contributed by atoms with Crippen molar-refractivity contribution < 1.29 is 19.1 Å². The lowest BCUT2D eigenvalue weighted by Crippen LogP contribution is -2.37. The molecular weight excluding hydrogens is 378 g/mol. The first-order chi connectivity index (χ1) is 13.5. The fourth-order valence-electron chi connectivity index (χ4n) is 3.08. The topological polar surface area (TPSA) is 88.8 Å². The number of hydrogen-bond donors (Lipinski definition) is 2. The minimum Gasteiger partial charge on any atom is -0.490 e. The van der Waals surface area contributed by atoms with E-state index in [4.69, 9.17) is 9.15 Å². The number of amides is 1. The van der Waals surface area contributed by atoms with E-state index >= 15 is 0 Å². The number of para-hydroxylation sites is 1. The SMILES string of the molecule is CSc1ccccc1OC[C@H](O)CNC(=O)c1c(C)cc(C2CCC2)oc1=O. The van der Waals surface area contributed by atoms with Crippen LogP contribution in [0.3, 0.4) is 0 Å². The molecule has 3 rings (SSSR count). The van der Waals surface area contributed by atoms with E-state index in [1.807, 2.05) is 30.5 Å². The number of aryl methyl sites for hydroxylation is 1. The Kier molecular flexibility index (Phi) is 6.80. The van der Waals surface area contributed by atoms with Crippen molar-refractivity contribution >= 4 is 17.7 Å². The van der Waals surface area contributed by atoms with Gasteiger partial charge in [0, 0.05) is 17.4 Å². The number of aliphatic hydroxyl groups excluding tert-OH is 1. The summed E-state index contributed by atoms with van der Waals surface area (Å²) in [6.07, 6.45) is 4.21. The number of benzene rings is 1. The average molecular weight is 404 g/mol. The van der Waals surface area contributed by atoms with Crippen molar-refractivity contribution in [3.63, 3.8) is 0 Å². The van der Waals surface area contributed by atoms with E-state index in [0.29, 0.717) is 17.1 Å². The molecule has 2 aromatic rings. The Labute approximate surface area is 168 Å². The number of hydrogen-bond acceptors (Lipinski definition) is 6. The zero-order valence-electron chi connectivity index (χ0n) is 16.1. The van der Waals surface area contributed by atoms with Gasteiger partial charge in [0.15, 0.2) is 0 Å². The normalized spacial score (nSPS) is 15.0. The lowest BCUT2D eigenvalue weighted by Gasteiger charge is -2.24. The molecule has 6 nitrogen and oxygen atoms in total. The third-order valence-electron chi connectivity index (χ3n) is 4.90. The number of carbonyl (C=O) groups is 1. The molecule has 2 N–H and O–H groups in total. The van der Waals surface area contributed by atoms with Gasteiger partial charge in [0.2, 0.25) is 0 Å². The van der Waals surface area contributed by atoms with Crippen LogP contribution in [0.15, 0.2) is 44.4 Å². The Morgan fingerprint density at radius 2 is 2.14 bits per heavy atom. The highest BCUT2D eigenvalue weighted by atomic mass is 32.2. The molecule has 7 heteroatoms. The van der Waals surface area contributed by atoms with E-state index in [0.717, 1.165) is 24.2 Å². The summed E-state index contributed by atoms with van der Waals surface area (Å²) in [4.78, 5) is 25.6. The zero-order chi connectivity index (χ0) is 20.1. The second-order valence-corrected chi connectivity index (χ2v) is 7.80. The maximum Gasteiger partial charge on any atom is 0.349 e. The van der Waals surface area contributed by atoms with Crippen LogP contribution in [-0.2, 0) is 0 Å². The van der Waals surface area contributed by atoms with Gasteiger partial charge in [-0.15, -0.1) is 11.8 Å². The van der Waals surface area contributed by atoms with Crippen LogP contribution in [0.5, 0.6) is 5.75 Å². The second kappa shape index (κ2) is 9.30. The highest BCUT2D eigenvalue weighted by molar-refractivity contribution is 7.98. The zero-order valence-corrected chi connectivity index (χ0v) is 16.9. The summed E-state index contributed by atoms with van der Waals surface area (Å²) >= 11 is 1.55. The lowest BCUT2D eigenvalue weighted by molar-refractivity contribution is 0.0835. The van der Waals surface area contributed by atoms with Crippen molar-refractivity contribution in [2.24, 2.45) is 0 Å². The molecule has 0 saturated heterocycles. The Morgan fingerprint density at radius 1 is 1.39 bits per heavy atom. The Morgan fingerprint density at radius 3 is 2.79 bits per heavy atom. The molecule has 1 aromatic carbocycles. The molecule has 1 amide bonds. The highest BCUT2D eigenvalue weighted by Gasteiger charge is 2.25. The van der Waals surface area contributed by atoms with Crippen LogP contribution >= 0.6 is 11.8 Å². The fourth-order valence-corrected chi connectivity index (χ4v) is 3.62. The van der Waals surface area contributed by atoms with Crippen molar-refractivity contribution in [3.8, 4) is 5.75 Å². The van der Waals surface area contributed by atoms with Gasteiger partial charge in [-0.1, -0.05) is 18.6 Å². The minimum atomic E-state index is -0.902. The predicted molar refractivity (Wildman–Crippen MR) is 108 cm³/mol. The van der Waals surface area contributed by atoms with Crippen LogP contribution in [0, 0.1) is 6.92 Å². The molecule has 0 radical (unpaired) electrons. The highest BCUT2D eigenvalue weighted by Crippen LogP contribution is 2.36. The Balaban J connectivity index is 1.55. The monoisotopic (exact) mass is 403 g/mol. The number of thioether (sulfide) groups is 1. The van der Waals surface area contributed by atoms with Gasteiger partial charge in [-0.2, -0.15) is 0 Å². The molecule has 1 aliphatic carbocycles. The second-order valence-electron chi connectivity index (χ2n) is 6.95. The first-order valence-corrected chi connectivity index (χ1v) is 10.6. The van der Waals surface area contributed by atoms with Gasteiger partial charge in [-0.25, -0.2) is 4.79 Å². The maximum absolute atomic E-state index is 12.4. The molecule has 28 heavy (non-hydrogen) atoms. The fraction of sp³-hybridized carbons (Fsp3) is 0.429. The summed E-state index contributed by atoms with van der Waals surface area (Å²) in [5.41, 5.74) is -0.0433. The lowest BCUT2D eigenvalue weighted by atomic mass is 9.83. The minimum absolute atomic E-state index is 0.0103. The Bertz CT molecular complexity index is 891. The number of ether oxygens (including phenoxy) is 1. The summed E-state index contributed by atoms with van der Waals surface area (Å²) in [7, 11) is 0. The third-order valence-corrected chi connectivity index (χ3v) is 5.68. The van der Waals surface area contributed by atoms with E-state index in [-0.39, 0.29) is 24.6 Å². The Hall–Kier alpha value is -2.25. The van der Waals surface area contributed by atoms with Gasteiger partial charge in [0.25, 0.3) is 5.91 Å². The van der Waals surface area contributed by atoms with Gasteiger partial charge < -0.3 is 19.6 Å². The third kappa shape index (κ3) is 4.77. The molecule has 150 valence electrons. The number of nitrogens with one attached hydrogen (secondary N) is 1. The van der Waals surface area contributed by atoms with E-state index in [1.165, 1.54) is 0 Å². The van der Waals surface area contributed by atoms with Crippen molar-refractivity contribution in [3.05, 3.63) is 57.6 Å². The molecule has 1 aromatic heterocycles. The summed E-state index contributed by atoms with van der Waals surface area (Å²) in [6, 6.07) is 9.32. The molecule has 1 atom stereocenters.